The molecule has 0 spiro atoms. The molecule has 2 aromatic heterocycles. The summed E-state index contributed by atoms with van der Waals surface area (Å²) in [5.41, 5.74) is 2.19. The highest BCUT2D eigenvalue weighted by Gasteiger charge is 2.27. The third kappa shape index (κ3) is 2.81. The second-order valence-electron chi connectivity index (χ2n) is 6.42. The SMILES string of the molecule is Cc1nnc(C[C@@H]2CC[C@H](Nc3nc4ccccc4n3C)C2)o1. The summed E-state index contributed by atoms with van der Waals surface area (Å²) in [7, 11) is 2.06. The van der Waals surface area contributed by atoms with E-state index < -0.39 is 0 Å². The largest absolute Gasteiger partial charge is 0.426 e. The second kappa shape index (κ2) is 5.68. The van der Waals surface area contributed by atoms with Crippen molar-refractivity contribution in [2.75, 3.05) is 5.32 Å². The average molecular weight is 311 g/mol. The number of nitrogens with one attached hydrogen (secondary N) is 1. The molecular weight excluding hydrogens is 290 g/mol. The fourth-order valence-electron chi connectivity index (χ4n) is 3.52. The van der Waals surface area contributed by atoms with E-state index in [-0.39, 0.29) is 0 Å². The Hall–Kier alpha value is -2.37. The Morgan fingerprint density at radius 2 is 2.13 bits per heavy atom. The predicted molar refractivity (Wildman–Crippen MR) is 88.2 cm³/mol. The average Bonchev–Trinajstić information content (AvgIpc) is 3.23. The van der Waals surface area contributed by atoms with E-state index in [1.807, 2.05) is 19.1 Å². The van der Waals surface area contributed by atoms with Gasteiger partial charge < -0.3 is 14.3 Å². The maximum absolute atomic E-state index is 5.50. The summed E-state index contributed by atoms with van der Waals surface area (Å²) in [5.74, 6) is 2.95. The molecule has 1 saturated carbocycles. The Kier molecular flexibility index (Phi) is 3.52. The molecule has 0 radical (unpaired) electrons. The highest BCUT2D eigenvalue weighted by molar-refractivity contribution is 5.78. The molecule has 1 aromatic carbocycles. The topological polar surface area (TPSA) is 68.8 Å². The van der Waals surface area contributed by atoms with Crippen molar-refractivity contribution in [1.82, 2.24) is 19.7 Å². The number of benzene rings is 1. The van der Waals surface area contributed by atoms with Gasteiger partial charge in [0.1, 0.15) is 0 Å². The molecule has 4 rings (SSSR count). The molecule has 23 heavy (non-hydrogen) atoms. The molecule has 1 aliphatic carbocycles. The van der Waals surface area contributed by atoms with Crippen molar-refractivity contribution < 1.29 is 4.42 Å². The highest BCUT2D eigenvalue weighted by Crippen LogP contribution is 2.31. The number of imidazole rings is 1. The fraction of sp³-hybridized carbons (Fsp3) is 0.471. The number of para-hydroxylation sites is 2. The van der Waals surface area contributed by atoms with Crippen molar-refractivity contribution in [2.24, 2.45) is 13.0 Å². The summed E-state index contributed by atoms with van der Waals surface area (Å²) < 4.78 is 7.63. The summed E-state index contributed by atoms with van der Waals surface area (Å²) in [6.45, 7) is 1.83. The molecule has 2 heterocycles. The first-order valence-corrected chi connectivity index (χ1v) is 8.16. The molecule has 1 N–H and O–H groups in total. The van der Waals surface area contributed by atoms with Gasteiger partial charge in [-0.15, -0.1) is 10.2 Å². The van der Waals surface area contributed by atoms with Crippen LogP contribution in [0.1, 0.15) is 31.0 Å². The van der Waals surface area contributed by atoms with E-state index in [1.54, 1.807) is 0 Å². The summed E-state index contributed by atoms with van der Waals surface area (Å²) in [6.07, 6.45) is 4.33. The first-order chi connectivity index (χ1) is 11.2. The molecule has 6 heteroatoms. The summed E-state index contributed by atoms with van der Waals surface area (Å²) in [4.78, 5) is 4.70. The molecule has 0 unspecified atom stereocenters. The van der Waals surface area contributed by atoms with Crippen molar-refractivity contribution in [1.29, 1.82) is 0 Å². The molecule has 0 aliphatic heterocycles. The highest BCUT2D eigenvalue weighted by atomic mass is 16.4. The van der Waals surface area contributed by atoms with Crippen LogP contribution in [0.25, 0.3) is 11.0 Å². The van der Waals surface area contributed by atoms with Crippen molar-refractivity contribution in [3.63, 3.8) is 0 Å². The summed E-state index contributed by atoms with van der Waals surface area (Å²) in [5, 5.41) is 11.6. The van der Waals surface area contributed by atoms with Gasteiger partial charge in [0.05, 0.1) is 11.0 Å². The number of hydrogen-bond acceptors (Lipinski definition) is 5. The van der Waals surface area contributed by atoms with E-state index in [0.717, 1.165) is 42.1 Å². The maximum atomic E-state index is 5.50. The second-order valence-corrected chi connectivity index (χ2v) is 6.42. The normalized spacial score (nSPS) is 21.1. The van der Waals surface area contributed by atoms with E-state index in [1.165, 1.54) is 6.42 Å². The van der Waals surface area contributed by atoms with Gasteiger partial charge in [0.25, 0.3) is 0 Å². The molecule has 0 amide bonds. The van der Waals surface area contributed by atoms with Gasteiger partial charge in [-0.2, -0.15) is 0 Å². The minimum absolute atomic E-state index is 0.458. The molecule has 1 aliphatic rings. The number of aryl methyl sites for hydroxylation is 2. The zero-order valence-electron chi connectivity index (χ0n) is 13.5. The predicted octanol–water partition coefficient (Wildman–Crippen LogP) is 3.09. The van der Waals surface area contributed by atoms with Crippen LogP contribution in [0.15, 0.2) is 28.7 Å². The summed E-state index contributed by atoms with van der Waals surface area (Å²) >= 11 is 0. The van der Waals surface area contributed by atoms with Crippen LogP contribution in [0.5, 0.6) is 0 Å². The van der Waals surface area contributed by atoms with Gasteiger partial charge in [-0.25, -0.2) is 4.98 Å². The zero-order valence-corrected chi connectivity index (χ0v) is 13.5. The summed E-state index contributed by atoms with van der Waals surface area (Å²) in [6, 6.07) is 8.68. The van der Waals surface area contributed by atoms with Gasteiger partial charge in [-0.3, -0.25) is 0 Å². The molecule has 0 bridgehead atoms. The Labute approximate surface area is 134 Å². The minimum atomic E-state index is 0.458. The van der Waals surface area contributed by atoms with Crippen molar-refractivity contribution in [3.05, 3.63) is 36.0 Å². The Morgan fingerprint density at radius 1 is 1.26 bits per heavy atom. The number of fused-ring (bicyclic) bond motifs is 1. The van der Waals surface area contributed by atoms with Gasteiger partial charge in [0.15, 0.2) is 0 Å². The lowest BCUT2D eigenvalue weighted by molar-refractivity contribution is 0.416. The van der Waals surface area contributed by atoms with Crippen LogP contribution in [0.4, 0.5) is 5.95 Å². The van der Waals surface area contributed by atoms with Gasteiger partial charge in [0, 0.05) is 26.4 Å². The minimum Gasteiger partial charge on any atom is -0.426 e. The van der Waals surface area contributed by atoms with Crippen LogP contribution in [0, 0.1) is 12.8 Å². The van der Waals surface area contributed by atoms with E-state index in [2.05, 4.69) is 39.3 Å². The fourth-order valence-corrected chi connectivity index (χ4v) is 3.52. The molecular formula is C17H21N5O. The van der Waals surface area contributed by atoms with Crippen LogP contribution in [0.2, 0.25) is 0 Å². The first-order valence-electron chi connectivity index (χ1n) is 8.16. The Bertz CT molecular complexity index is 821. The van der Waals surface area contributed by atoms with E-state index >= 15 is 0 Å². The lowest BCUT2D eigenvalue weighted by atomic mass is 10.0. The molecule has 120 valence electrons. The van der Waals surface area contributed by atoms with E-state index in [9.17, 15) is 0 Å². The number of aromatic nitrogens is 4. The van der Waals surface area contributed by atoms with Gasteiger partial charge in [-0.05, 0) is 37.3 Å². The van der Waals surface area contributed by atoms with Crippen molar-refractivity contribution in [2.45, 2.75) is 38.6 Å². The number of nitrogens with zero attached hydrogens (tertiary/aromatic N) is 4. The molecule has 3 aromatic rings. The molecule has 0 saturated heterocycles. The monoisotopic (exact) mass is 311 g/mol. The Morgan fingerprint density at radius 3 is 2.91 bits per heavy atom. The van der Waals surface area contributed by atoms with Gasteiger partial charge in [-0.1, -0.05) is 12.1 Å². The van der Waals surface area contributed by atoms with Gasteiger partial charge in [0.2, 0.25) is 17.7 Å². The third-order valence-electron chi connectivity index (χ3n) is 4.69. The molecule has 2 atom stereocenters. The zero-order chi connectivity index (χ0) is 15.8. The maximum Gasteiger partial charge on any atom is 0.216 e. The van der Waals surface area contributed by atoms with E-state index in [0.29, 0.717) is 17.9 Å². The molecule has 1 fully saturated rings. The van der Waals surface area contributed by atoms with Crippen molar-refractivity contribution >= 4 is 17.0 Å². The third-order valence-corrected chi connectivity index (χ3v) is 4.69. The van der Waals surface area contributed by atoms with Crippen LogP contribution < -0.4 is 5.32 Å². The Balaban J connectivity index is 1.42. The lowest BCUT2D eigenvalue weighted by Crippen LogP contribution is -2.18. The van der Waals surface area contributed by atoms with Gasteiger partial charge >= 0.3 is 0 Å². The smallest absolute Gasteiger partial charge is 0.216 e. The number of hydrogen-bond donors (Lipinski definition) is 1. The van der Waals surface area contributed by atoms with Crippen LogP contribution in [0.3, 0.4) is 0 Å². The van der Waals surface area contributed by atoms with Crippen LogP contribution >= 0.6 is 0 Å². The number of anilines is 1. The van der Waals surface area contributed by atoms with Crippen molar-refractivity contribution in [3.8, 4) is 0 Å². The quantitative estimate of drug-likeness (QED) is 0.802. The number of rotatable bonds is 4. The van der Waals surface area contributed by atoms with Crippen LogP contribution in [-0.4, -0.2) is 25.8 Å². The lowest BCUT2D eigenvalue weighted by Gasteiger charge is -2.13. The standard InChI is InChI=1S/C17H21N5O/c1-11-20-21-16(23-11)10-12-7-8-13(9-12)18-17-19-14-5-3-4-6-15(14)22(17)2/h3-6,12-13H,7-10H2,1-2H3,(H,18,19)/t12-,13+/m1/s1. The van der Waals surface area contributed by atoms with Crippen LogP contribution in [-0.2, 0) is 13.5 Å². The first kappa shape index (κ1) is 14.2. The molecule has 6 nitrogen and oxygen atoms in total. The van der Waals surface area contributed by atoms with E-state index in [4.69, 9.17) is 9.40 Å².